The van der Waals surface area contributed by atoms with Crippen molar-refractivity contribution in [2.24, 2.45) is 0 Å². The quantitative estimate of drug-likeness (QED) is 0.710. The van der Waals surface area contributed by atoms with Crippen molar-refractivity contribution in [1.82, 2.24) is 15.3 Å². The number of aromatic nitrogens is 2. The van der Waals surface area contributed by atoms with Crippen molar-refractivity contribution in [3.05, 3.63) is 28.3 Å². The maximum Gasteiger partial charge on any atom is 0.258 e. The number of benzene rings is 1. The lowest BCUT2D eigenvalue weighted by molar-refractivity contribution is 0.194. The average Bonchev–Trinajstić information content (AvgIpc) is 2.53. The molecule has 7 nitrogen and oxygen atoms in total. The van der Waals surface area contributed by atoms with Crippen LogP contribution >= 0.6 is 0 Å². The minimum absolute atomic E-state index is 0.195. The first-order valence-corrected chi connectivity index (χ1v) is 7.04. The number of hydrogen-bond acceptors (Lipinski definition) is 6. The van der Waals surface area contributed by atoms with Crippen molar-refractivity contribution < 1.29 is 14.2 Å². The molecule has 1 aromatic carbocycles. The van der Waals surface area contributed by atoms with Crippen LogP contribution in [0.1, 0.15) is 12.2 Å². The number of aromatic amines is 1. The Morgan fingerprint density at radius 3 is 2.59 bits per heavy atom. The zero-order valence-corrected chi connectivity index (χ0v) is 13.1. The van der Waals surface area contributed by atoms with Gasteiger partial charge in [0, 0.05) is 19.8 Å². The predicted octanol–water partition coefficient (Wildman–Crippen LogP) is 1.07. The van der Waals surface area contributed by atoms with E-state index in [1.165, 1.54) is 7.11 Å². The standard InChI is InChI=1S/C15H21N3O4/c1-20-6-4-5-16-9-14-17-11-8-13(22-3)12(21-2)7-10(11)15(19)18-14/h7-8,16H,4-6,9H2,1-3H3,(H,17,18,19). The maximum atomic E-state index is 12.2. The average molecular weight is 307 g/mol. The fourth-order valence-electron chi connectivity index (χ4n) is 2.15. The molecule has 0 bridgehead atoms. The van der Waals surface area contributed by atoms with Crippen LogP contribution in [0.5, 0.6) is 11.5 Å². The minimum Gasteiger partial charge on any atom is -0.493 e. The van der Waals surface area contributed by atoms with Crippen molar-refractivity contribution >= 4 is 10.9 Å². The summed E-state index contributed by atoms with van der Waals surface area (Å²) in [6, 6.07) is 3.34. The first-order chi connectivity index (χ1) is 10.7. The lowest BCUT2D eigenvalue weighted by Gasteiger charge is -2.09. The van der Waals surface area contributed by atoms with Crippen LogP contribution < -0.4 is 20.3 Å². The van der Waals surface area contributed by atoms with Crippen molar-refractivity contribution in [1.29, 1.82) is 0 Å². The van der Waals surface area contributed by atoms with E-state index in [-0.39, 0.29) is 5.56 Å². The molecule has 0 fully saturated rings. The second-order valence-corrected chi connectivity index (χ2v) is 4.76. The molecule has 0 unspecified atom stereocenters. The molecule has 2 aromatic rings. The lowest BCUT2D eigenvalue weighted by atomic mass is 10.2. The summed E-state index contributed by atoms with van der Waals surface area (Å²) in [7, 11) is 4.75. The van der Waals surface area contributed by atoms with Gasteiger partial charge in [-0.1, -0.05) is 0 Å². The number of hydrogen-bond donors (Lipinski definition) is 2. The van der Waals surface area contributed by atoms with Crippen molar-refractivity contribution in [3.63, 3.8) is 0 Å². The molecule has 120 valence electrons. The van der Waals surface area contributed by atoms with Crippen molar-refractivity contribution in [2.45, 2.75) is 13.0 Å². The molecule has 1 aromatic heterocycles. The second kappa shape index (κ2) is 7.77. The van der Waals surface area contributed by atoms with E-state index in [2.05, 4.69) is 15.3 Å². The first kappa shape index (κ1) is 16.3. The van der Waals surface area contributed by atoms with Gasteiger partial charge in [0.05, 0.1) is 31.7 Å². The molecule has 22 heavy (non-hydrogen) atoms. The molecule has 0 atom stereocenters. The highest BCUT2D eigenvalue weighted by atomic mass is 16.5. The lowest BCUT2D eigenvalue weighted by Crippen LogP contribution is -2.21. The third-order valence-electron chi connectivity index (χ3n) is 3.25. The van der Waals surface area contributed by atoms with Crippen LogP contribution in [0.15, 0.2) is 16.9 Å². The fraction of sp³-hybridized carbons (Fsp3) is 0.467. The van der Waals surface area contributed by atoms with E-state index in [0.29, 0.717) is 41.4 Å². The highest BCUT2D eigenvalue weighted by Gasteiger charge is 2.10. The molecule has 0 radical (unpaired) electrons. The Bertz CT molecular complexity index is 684. The zero-order chi connectivity index (χ0) is 15.9. The maximum absolute atomic E-state index is 12.2. The van der Waals surface area contributed by atoms with Gasteiger partial charge in [0.25, 0.3) is 5.56 Å². The molecule has 7 heteroatoms. The van der Waals surface area contributed by atoms with Crippen LogP contribution in [-0.2, 0) is 11.3 Å². The van der Waals surface area contributed by atoms with Crippen LogP contribution in [0.25, 0.3) is 10.9 Å². The number of rotatable bonds is 8. The smallest absolute Gasteiger partial charge is 0.258 e. The second-order valence-electron chi connectivity index (χ2n) is 4.76. The van der Waals surface area contributed by atoms with Crippen molar-refractivity contribution in [2.75, 3.05) is 34.5 Å². The van der Waals surface area contributed by atoms with Gasteiger partial charge in [-0.15, -0.1) is 0 Å². The van der Waals surface area contributed by atoms with E-state index in [1.807, 2.05) is 0 Å². The number of nitrogens with one attached hydrogen (secondary N) is 2. The van der Waals surface area contributed by atoms with E-state index >= 15 is 0 Å². The van der Waals surface area contributed by atoms with E-state index < -0.39 is 0 Å². The third kappa shape index (κ3) is 3.75. The van der Waals surface area contributed by atoms with E-state index in [4.69, 9.17) is 14.2 Å². The van der Waals surface area contributed by atoms with Crippen LogP contribution in [0.4, 0.5) is 0 Å². The highest BCUT2D eigenvalue weighted by molar-refractivity contribution is 5.81. The van der Waals surface area contributed by atoms with Gasteiger partial charge in [0.1, 0.15) is 5.82 Å². The topological polar surface area (TPSA) is 85.5 Å². The van der Waals surface area contributed by atoms with Crippen LogP contribution in [0, 0.1) is 0 Å². The Morgan fingerprint density at radius 1 is 1.18 bits per heavy atom. The van der Waals surface area contributed by atoms with E-state index in [0.717, 1.165) is 13.0 Å². The number of fused-ring (bicyclic) bond motifs is 1. The largest absolute Gasteiger partial charge is 0.493 e. The van der Waals surface area contributed by atoms with Gasteiger partial charge in [-0.3, -0.25) is 4.79 Å². The zero-order valence-electron chi connectivity index (χ0n) is 13.1. The van der Waals surface area contributed by atoms with Gasteiger partial charge in [-0.05, 0) is 19.0 Å². The summed E-state index contributed by atoms with van der Waals surface area (Å²) in [6.07, 6.45) is 0.902. The van der Waals surface area contributed by atoms with E-state index in [9.17, 15) is 4.79 Å². The normalized spacial score (nSPS) is 10.9. The van der Waals surface area contributed by atoms with Crippen LogP contribution in [0.2, 0.25) is 0 Å². The molecule has 0 aliphatic heterocycles. The monoisotopic (exact) mass is 307 g/mol. The summed E-state index contributed by atoms with van der Waals surface area (Å²) in [5.41, 5.74) is 0.384. The van der Waals surface area contributed by atoms with Gasteiger partial charge in [-0.2, -0.15) is 0 Å². The summed E-state index contributed by atoms with van der Waals surface area (Å²) in [5, 5.41) is 3.68. The number of ether oxygens (including phenoxy) is 3. The SMILES string of the molecule is COCCCNCc1nc2cc(OC)c(OC)cc2c(=O)[nH]1. The first-order valence-electron chi connectivity index (χ1n) is 7.04. The van der Waals surface area contributed by atoms with Gasteiger partial charge < -0.3 is 24.5 Å². The molecular formula is C15H21N3O4. The Kier molecular flexibility index (Phi) is 5.74. The fourth-order valence-corrected chi connectivity index (χ4v) is 2.15. The highest BCUT2D eigenvalue weighted by Crippen LogP contribution is 2.29. The summed E-state index contributed by atoms with van der Waals surface area (Å²) in [6.45, 7) is 1.98. The molecule has 1 heterocycles. The predicted molar refractivity (Wildman–Crippen MR) is 83.7 cm³/mol. The van der Waals surface area contributed by atoms with Crippen LogP contribution in [-0.4, -0.2) is 44.4 Å². The summed E-state index contributed by atoms with van der Waals surface area (Å²) in [5.74, 6) is 1.64. The van der Waals surface area contributed by atoms with Gasteiger partial charge >= 0.3 is 0 Å². The third-order valence-corrected chi connectivity index (χ3v) is 3.25. The molecule has 0 spiro atoms. The number of nitrogens with zero attached hydrogens (tertiary/aromatic N) is 1. The Balaban J connectivity index is 2.22. The summed E-state index contributed by atoms with van der Waals surface area (Å²) in [4.78, 5) is 19.4. The molecular weight excluding hydrogens is 286 g/mol. The van der Waals surface area contributed by atoms with Crippen LogP contribution in [0.3, 0.4) is 0 Å². The van der Waals surface area contributed by atoms with Gasteiger partial charge in [0.15, 0.2) is 11.5 Å². The molecule has 2 rings (SSSR count). The number of H-pyrrole nitrogens is 1. The summed E-state index contributed by atoms with van der Waals surface area (Å²) >= 11 is 0. The Morgan fingerprint density at radius 2 is 1.91 bits per heavy atom. The molecule has 0 aliphatic carbocycles. The minimum atomic E-state index is -0.195. The van der Waals surface area contributed by atoms with Crippen molar-refractivity contribution in [3.8, 4) is 11.5 Å². The summed E-state index contributed by atoms with van der Waals surface area (Å²) < 4.78 is 15.4. The Hall–Kier alpha value is -2.12. The molecule has 0 saturated heterocycles. The Labute approximate surface area is 128 Å². The van der Waals surface area contributed by atoms with E-state index in [1.54, 1.807) is 26.4 Å². The van der Waals surface area contributed by atoms with Gasteiger partial charge in [0.2, 0.25) is 0 Å². The molecule has 2 N–H and O–H groups in total. The molecule has 0 saturated carbocycles. The van der Waals surface area contributed by atoms with Gasteiger partial charge in [-0.25, -0.2) is 4.98 Å². The molecule has 0 amide bonds. The molecule has 0 aliphatic rings. The number of methoxy groups -OCH3 is 3.